The minimum absolute atomic E-state index is 0.0631. The van der Waals surface area contributed by atoms with Crippen molar-refractivity contribution in [2.24, 2.45) is 0 Å². The van der Waals surface area contributed by atoms with Crippen molar-refractivity contribution in [3.8, 4) is 11.5 Å². The maximum atomic E-state index is 11.0. The predicted octanol–water partition coefficient (Wildman–Crippen LogP) is 2.52. The van der Waals surface area contributed by atoms with Crippen LogP contribution in [-0.2, 0) is 10.2 Å². The number of aliphatic carboxylic acids is 1. The van der Waals surface area contributed by atoms with Crippen LogP contribution >= 0.6 is 0 Å². The summed E-state index contributed by atoms with van der Waals surface area (Å²) in [5, 5.41) is 19.3. The number of aryl methyl sites for hydroxylation is 2. The van der Waals surface area contributed by atoms with Gasteiger partial charge in [-0.05, 0) is 37.8 Å². The lowest BCUT2D eigenvalue weighted by Crippen LogP contribution is -2.15. The average molecular weight is 250 g/mol. The molecule has 2 rings (SSSR count). The lowest BCUT2D eigenvalue weighted by atomic mass is 9.87. The van der Waals surface area contributed by atoms with E-state index in [1.807, 2.05) is 19.9 Å². The number of methoxy groups -OCH3 is 1. The molecule has 0 spiro atoms. The van der Waals surface area contributed by atoms with E-state index in [9.17, 15) is 9.90 Å². The number of carboxylic acid groups (broad SMARTS) is 1. The van der Waals surface area contributed by atoms with E-state index in [0.29, 0.717) is 5.75 Å². The monoisotopic (exact) mass is 250 g/mol. The Morgan fingerprint density at radius 2 is 2.00 bits per heavy atom. The summed E-state index contributed by atoms with van der Waals surface area (Å²) in [5.41, 5.74) is 2.14. The second kappa shape index (κ2) is 4.19. The Bertz CT molecular complexity index is 501. The minimum atomic E-state index is -0.828. The van der Waals surface area contributed by atoms with Crippen LogP contribution in [0.2, 0.25) is 0 Å². The van der Waals surface area contributed by atoms with Gasteiger partial charge >= 0.3 is 5.97 Å². The van der Waals surface area contributed by atoms with Crippen molar-refractivity contribution in [3.05, 3.63) is 22.8 Å². The number of hydrogen-bond donors (Lipinski definition) is 2. The molecule has 0 atom stereocenters. The van der Waals surface area contributed by atoms with Gasteiger partial charge in [0, 0.05) is 11.0 Å². The summed E-state index contributed by atoms with van der Waals surface area (Å²) in [7, 11) is 1.51. The zero-order chi connectivity index (χ0) is 13.5. The van der Waals surface area contributed by atoms with Crippen LogP contribution in [0.25, 0.3) is 0 Å². The lowest BCUT2D eigenvalue weighted by molar-refractivity contribution is -0.137. The molecule has 0 unspecified atom stereocenters. The summed E-state index contributed by atoms with van der Waals surface area (Å²) >= 11 is 0. The van der Waals surface area contributed by atoms with E-state index in [2.05, 4.69) is 0 Å². The zero-order valence-corrected chi connectivity index (χ0v) is 10.9. The molecule has 1 aromatic carbocycles. The molecule has 1 aromatic rings. The highest BCUT2D eigenvalue weighted by Gasteiger charge is 2.49. The minimum Gasteiger partial charge on any atom is -0.504 e. The topological polar surface area (TPSA) is 66.8 Å². The molecule has 18 heavy (non-hydrogen) atoms. The summed E-state index contributed by atoms with van der Waals surface area (Å²) < 4.78 is 5.20. The van der Waals surface area contributed by atoms with Gasteiger partial charge in [-0.3, -0.25) is 4.79 Å². The van der Waals surface area contributed by atoms with Gasteiger partial charge in [-0.15, -0.1) is 0 Å². The quantitative estimate of drug-likeness (QED) is 0.861. The fourth-order valence-electron chi connectivity index (χ4n) is 2.83. The number of ether oxygens (including phenoxy) is 1. The molecule has 0 heterocycles. The number of hydrogen-bond acceptors (Lipinski definition) is 3. The second-order valence-corrected chi connectivity index (χ2v) is 5.12. The smallest absolute Gasteiger partial charge is 0.304 e. The molecule has 1 saturated carbocycles. The van der Waals surface area contributed by atoms with Crippen LogP contribution < -0.4 is 4.74 Å². The van der Waals surface area contributed by atoms with Crippen LogP contribution in [0.3, 0.4) is 0 Å². The zero-order valence-electron chi connectivity index (χ0n) is 10.9. The van der Waals surface area contributed by atoms with Crippen LogP contribution in [0.1, 0.15) is 36.0 Å². The van der Waals surface area contributed by atoms with Gasteiger partial charge in [0.05, 0.1) is 13.5 Å². The second-order valence-electron chi connectivity index (χ2n) is 5.12. The van der Waals surface area contributed by atoms with Gasteiger partial charge in [0.1, 0.15) is 0 Å². The highest BCUT2D eigenvalue weighted by atomic mass is 16.5. The Morgan fingerprint density at radius 1 is 1.39 bits per heavy atom. The molecule has 2 N–H and O–H groups in total. The summed E-state index contributed by atoms with van der Waals surface area (Å²) in [4.78, 5) is 11.0. The Balaban J connectivity index is 2.54. The third-order valence-corrected chi connectivity index (χ3v) is 3.72. The van der Waals surface area contributed by atoms with E-state index in [1.54, 1.807) is 0 Å². The molecule has 1 aliphatic rings. The van der Waals surface area contributed by atoms with Gasteiger partial charge < -0.3 is 14.9 Å². The van der Waals surface area contributed by atoms with Gasteiger partial charge in [0.15, 0.2) is 11.5 Å². The normalized spacial score (nSPS) is 16.4. The number of carboxylic acids is 1. The van der Waals surface area contributed by atoms with Gasteiger partial charge in [0.25, 0.3) is 0 Å². The van der Waals surface area contributed by atoms with Crippen LogP contribution in [0.4, 0.5) is 0 Å². The van der Waals surface area contributed by atoms with E-state index in [-0.39, 0.29) is 12.2 Å². The maximum absolute atomic E-state index is 11.0. The number of carbonyl (C=O) groups is 1. The fraction of sp³-hybridized carbons (Fsp3) is 0.500. The van der Waals surface area contributed by atoms with Crippen molar-refractivity contribution >= 4 is 5.97 Å². The number of phenolic OH excluding ortho intramolecular Hbond substituents is 1. The molecule has 4 nitrogen and oxygen atoms in total. The largest absolute Gasteiger partial charge is 0.504 e. The summed E-state index contributed by atoms with van der Waals surface area (Å²) in [6.07, 6.45) is 1.67. The van der Waals surface area contributed by atoms with Gasteiger partial charge in [0.2, 0.25) is 0 Å². The predicted molar refractivity (Wildman–Crippen MR) is 67.3 cm³/mol. The van der Waals surface area contributed by atoms with Gasteiger partial charge in [-0.2, -0.15) is 0 Å². The standard InChI is InChI=1S/C14H18O4/c1-8-6-9(2)13(18-3)12(17)11(8)14(4-5-14)7-10(15)16/h6,17H,4-5,7H2,1-3H3,(H,15,16). The van der Waals surface area contributed by atoms with Crippen molar-refractivity contribution in [1.82, 2.24) is 0 Å². The molecule has 0 saturated heterocycles. The Labute approximate surface area is 106 Å². The highest BCUT2D eigenvalue weighted by molar-refractivity contribution is 5.72. The summed E-state index contributed by atoms with van der Waals surface area (Å²) in [6, 6.07) is 1.94. The first-order valence-corrected chi connectivity index (χ1v) is 6.01. The lowest BCUT2D eigenvalue weighted by Gasteiger charge is -2.21. The van der Waals surface area contributed by atoms with E-state index < -0.39 is 11.4 Å². The highest BCUT2D eigenvalue weighted by Crippen LogP contribution is 2.56. The fourth-order valence-corrected chi connectivity index (χ4v) is 2.83. The first-order chi connectivity index (χ1) is 8.41. The molecule has 98 valence electrons. The third-order valence-electron chi connectivity index (χ3n) is 3.72. The first kappa shape index (κ1) is 12.7. The molecule has 1 fully saturated rings. The van der Waals surface area contributed by atoms with Crippen molar-refractivity contribution in [1.29, 1.82) is 0 Å². The average Bonchev–Trinajstić information content (AvgIpc) is 2.96. The van der Waals surface area contributed by atoms with Crippen LogP contribution in [0, 0.1) is 13.8 Å². The van der Waals surface area contributed by atoms with Crippen LogP contribution in [0.15, 0.2) is 6.07 Å². The van der Waals surface area contributed by atoms with E-state index in [1.165, 1.54) is 7.11 Å². The Morgan fingerprint density at radius 3 is 2.44 bits per heavy atom. The van der Waals surface area contributed by atoms with E-state index in [0.717, 1.165) is 29.5 Å². The first-order valence-electron chi connectivity index (χ1n) is 6.01. The van der Waals surface area contributed by atoms with Gasteiger partial charge in [-0.1, -0.05) is 6.07 Å². The summed E-state index contributed by atoms with van der Waals surface area (Å²) in [5.74, 6) is -0.271. The van der Waals surface area contributed by atoms with E-state index in [4.69, 9.17) is 9.84 Å². The van der Waals surface area contributed by atoms with Gasteiger partial charge in [-0.25, -0.2) is 0 Å². The SMILES string of the molecule is COc1c(C)cc(C)c(C2(CC(=O)O)CC2)c1O. The van der Waals surface area contributed by atoms with Crippen molar-refractivity contribution < 1.29 is 19.7 Å². The number of phenols is 1. The Hall–Kier alpha value is -1.71. The van der Waals surface area contributed by atoms with Crippen molar-refractivity contribution in [3.63, 3.8) is 0 Å². The van der Waals surface area contributed by atoms with Crippen molar-refractivity contribution in [2.45, 2.75) is 38.5 Å². The van der Waals surface area contributed by atoms with E-state index >= 15 is 0 Å². The molecular weight excluding hydrogens is 232 g/mol. The maximum Gasteiger partial charge on any atom is 0.304 e. The molecule has 4 heteroatoms. The van der Waals surface area contributed by atoms with Crippen LogP contribution in [0.5, 0.6) is 11.5 Å². The Kier molecular flexibility index (Phi) is 2.97. The number of aromatic hydroxyl groups is 1. The third kappa shape index (κ3) is 1.92. The molecule has 0 amide bonds. The molecule has 0 bridgehead atoms. The number of rotatable bonds is 4. The molecular formula is C14H18O4. The van der Waals surface area contributed by atoms with Crippen molar-refractivity contribution in [2.75, 3.05) is 7.11 Å². The number of benzene rings is 1. The molecule has 1 aliphatic carbocycles. The molecule has 0 radical (unpaired) electrons. The molecule has 0 aromatic heterocycles. The van der Waals surface area contributed by atoms with Crippen LogP contribution in [-0.4, -0.2) is 23.3 Å². The molecule has 0 aliphatic heterocycles. The summed E-state index contributed by atoms with van der Waals surface area (Å²) in [6.45, 7) is 3.77.